The van der Waals surface area contributed by atoms with E-state index in [1.54, 1.807) is 7.11 Å². The summed E-state index contributed by atoms with van der Waals surface area (Å²) in [5.74, 6) is 0.896. The number of hydrogen-bond donors (Lipinski definition) is 0. The first-order valence-corrected chi connectivity index (χ1v) is 8.60. The van der Waals surface area contributed by atoms with Gasteiger partial charge < -0.3 is 9.64 Å². The lowest BCUT2D eigenvalue weighted by Crippen LogP contribution is -2.32. The molecule has 0 heterocycles. The third kappa shape index (κ3) is 3.38. The summed E-state index contributed by atoms with van der Waals surface area (Å²) in [6.07, 6.45) is 1.11. The van der Waals surface area contributed by atoms with Gasteiger partial charge in [0.25, 0.3) is 0 Å². The van der Waals surface area contributed by atoms with Crippen molar-refractivity contribution in [1.29, 1.82) is 0 Å². The van der Waals surface area contributed by atoms with Crippen LogP contribution in [0, 0.1) is 0 Å². The first-order valence-electron chi connectivity index (χ1n) is 8.60. The van der Waals surface area contributed by atoms with Crippen LogP contribution in [0.25, 0.3) is 10.8 Å². The van der Waals surface area contributed by atoms with E-state index in [9.17, 15) is 0 Å². The minimum absolute atomic E-state index is 0.470. The van der Waals surface area contributed by atoms with Crippen LogP contribution in [0.1, 0.15) is 25.8 Å². The second-order valence-electron chi connectivity index (χ2n) is 6.22. The summed E-state index contributed by atoms with van der Waals surface area (Å²) in [5, 5.41) is 2.63. The summed E-state index contributed by atoms with van der Waals surface area (Å²) >= 11 is 0. The van der Waals surface area contributed by atoms with Crippen molar-refractivity contribution in [3.8, 4) is 5.75 Å². The highest BCUT2D eigenvalue weighted by Gasteiger charge is 2.15. The van der Waals surface area contributed by atoms with E-state index in [2.05, 4.69) is 73.3 Å². The molecule has 3 rings (SSSR count). The molecule has 0 spiro atoms. The van der Waals surface area contributed by atoms with Crippen LogP contribution in [-0.4, -0.2) is 13.2 Å². The van der Waals surface area contributed by atoms with E-state index in [-0.39, 0.29) is 0 Å². The molecule has 0 fully saturated rings. The quantitative estimate of drug-likeness (QED) is 0.582. The van der Waals surface area contributed by atoms with E-state index >= 15 is 0 Å². The first-order chi connectivity index (χ1) is 11.7. The maximum Gasteiger partial charge on any atom is 0.119 e. The highest BCUT2D eigenvalue weighted by atomic mass is 16.5. The Balaban J connectivity index is 1.96. The fourth-order valence-corrected chi connectivity index (χ4v) is 3.11. The van der Waals surface area contributed by atoms with Crippen molar-refractivity contribution < 1.29 is 4.74 Å². The van der Waals surface area contributed by atoms with Gasteiger partial charge >= 0.3 is 0 Å². The van der Waals surface area contributed by atoms with Gasteiger partial charge in [-0.25, -0.2) is 0 Å². The third-order valence-corrected chi connectivity index (χ3v) is 4.75. The number of hydrogen-bond acceptors (Lipinski definition) is 2. The molecule has 0 aromatic heterocycles. The second kappa shape index (κ2) is 7.39. The maximum atomic E-state index is 5.29. The van der Waals surface area contributed by atoms with E-state index in [4.69, 9.17) is 4.74 Å². The van der Waals surface area contributed by atoms with Crippen LogP contribution in [0.4, 0.5) is 5.69 Å². The van der Waals surface area contributed by atoms with E-state index < -0.39 is 0 Å². The molecule has 0 aliphatic heterocycles. The molecule has 0 N–H and O–H groups in total. The van der Waals surface area contributed by atoms with Crippen LogP contribution in [-0.2, 0) is 6.54 Å². The molecule has 0 saturated carbocycles. The van der Waals surface area contributed by atoms with Crippen LogP contribution in [0.5, 0.6) is 5.75 Å². The summed E-state index contributed by atoms with van der Waals surface area (Å²) in [6.45, 7) is 5.43. The van der Waals surface area contributed by atoms with Crippen molar-refractivity contribution in [3.05, 3.63) is 72.3 Å². The van der Waals surface area contributed by atoms with Gasteiger partial charge in [-0.1, -0.05) is 49.4 Å². The Morgan fingerprint density at radius 2 is 1.62 bits per heavy atom. The lowest BCUT2D eigenvalue weighted by atomic mass is 10.0. The first kappa shape index (κ1) is 16.4. The van der Waals surface area contributed by atoms with Crippen LogP contribution < -0.4 is 9.64 Å². The summed E-state index contributed by atoms with van der Waals surface area (Å²) < 4.78 is 5.29. The van der Waals surface area contributed by atoms with Crippen molar-refractivity contribution in [2.24, 2.45) is 0 Å². The van der Waals surface area contributed by atoms with Gasteiger partial charge in [0.1, 0.15) is 5.75 Å². The number of methoxy groups -OCH3 is 1. The van der Waals surface area contributed by atoms with E-state index in [0.29, 0.717) is 6.04 Å². The molecule has 0 aliphatic carbocycles. The van der Waals surface area contributed by atoms with Crippen LogP contribution in [0.3, 0.4) is 0 Å². The van der Waals surface area contributed by atoms with Gasteiger partial charge in [0.2, 0.25) is 0 Å². The third-order valence-electron chi connectivity index (χ3n) is 4.75. The minimum atomic E-state index is 0.470. The Morgan fingerprint density at radius 3 is 2.33 bits per heavy atom. The fraction of sp³-hybridized carbons (Fsp3) is 0.273. The molecule has 0 saturated heterocycles. The maximum absolute atomic E-state index is 5.29. The lowest BCUT2D eigenvalue weighted by Gasteiger charge is -2.31. The predicted molar refractivity (Wildman–Crippen MR) is 103 cm³/mol. The average molecular weight is 319 g/mol. The molecule has 2 heteroatoms. The highest BCUT2D eigenvalue weighted by molar-refractivity contribution is 5.85. The molecule has 3 aromatic rings. The molecule has 124 valence electrons. The summed E-state index contributed by atoms with van der Waals surface area (Å²) in [7, 11) is 1.71. The highest BCUT2D eigenvalue weighted by Crippen LogP contribution is 2.27. The topological polar surface area (TPSA) is 12.5 Å². The van der Waals surface area contributed by atoms with Crippen LogP contribution in [0.2, 0.25) is 0 Å². The van der Waals surface area contributed by atoms with Crippen molar-refractivity contribution in [3.63, 3.8) is 0 Å². The molecule has 24 heavy (non-hydrogen) atoms. The molecular formula is C22H25NO. The smallest absolute Gasteiger partial charge is 0.119 e. The zero-order valence-corrected chi connectivity index (χ0v) is 14.7. The standard InChI is InChI=1S/C22H25NO/c1-4-17(2)23(20-12-14-21(24-3)15-13-20)16-19-10-7-9-18-8-5-6-11-22(18)19/h5-15,17H,4,16H2,1-3H3. The Labute approximate surface area is 144 Å². The van der Waals surface area contributed by atoms with E-state index in [0.717, 1.165) is 18.7 Å². The van der Waals surface area contributed by atoms with E-state index in [1.807, 2.05) is 12.1 Å². The summed E-state index contributed by atoms with van der Waals surface area (Å²) in [6, 6.07) is 24.0. The molecule has 0 radical (unpaired) electrons. The molecule has 3 aromatic carbocycles. The van der Waals surface area contributed by atoms with Crippen molar-refractivity contribution >= 4 is 16.5 Å². The van der Waals surface area contributed by atoms with Gasteiger partial charge in [-0.3, -0.25) is 0 Å². The molecule has 0 bridgehead atoms. The molecule has 0 amide bonds. The SMILES string of the molecule is CCC(C)N(Cc1cccc2ccccc12)c1ccc(OC)cc1. The molecular weight excluding hydrogens is 294 g/mol. The number of rotatable bonds is 6. The monoisotopic (exact) mass is 319 g/mol. The normalized spacial score (nSPS) is 12.1. The number of benzene rings is 3. The Hall–Kier alpha value is -2.48. The van der Waals surface area contributed by atoms with Crippen LogP contribution in [0.15, 0.2) is 66.7 Å². The average Bonchev–Trinajstić information content (AvgIpc) is 2.65. The predicted octanol–water partition coefficient (Wildman–Crippen LogP) is 5.65. The minimum Gasteiger partial charge on any atom is -0.497 e. The van der Waals surface area contributed by atoms with Crippen molar-refractivity contribution in [2.45, 2.75) is 32.9 Å². The Morgan fingerprint density at radius 1 is 0.917 bits per heavy atom. The fourth-order valence-electron chi connectivity index (χ4n) is 3.11. The summed E-state index contributed by atoms with van der Waals surface area (Å²) in [5.41, 5.74) is 2.60. The molecule has 0 aliphatic rings. The van der Waals surface area contributed by atoms with Crippen molar-refractivity contribution in [1.82, 2.24) is 0 Å². The zero-order valence-electron chi connectivity index (χ0n) is 14.7. The van der Waals surface area contributed by atoms with Crippen LogP contribution >= 0.6 is 0 Å². The Bertz CT molecular complexity index is 789. The van der Waals surface area contributed by atoms with Gasteiger partial charge in [-0.15, -0.1) is 0 Å². The molecule has 1 unspecified atom stereocenters. The summed E-state index contributed by atoms with van der Waals surface area (Å²) in [4.78, 5) is 2.47. The largest absolute Gasteiger partial charge is 0.497 e. The van der Waals surface area contributed by atoms with E-state index in [1.165, 1.54) is 22.0 Å². The van der Waals surface area contributed by atoms with Gasteiger partial charge in [0.15, 0.2) is 0 Å². The van der Waals surface area contributed by atoms with Gasteiger partial charge in [-0.05, 0) is 53.9 Å². The lowest BCUT2D eigenvalue weighted by molar-refractivity contribution is 0.414. The van der Waals surface area contributed by atoms with Crippen molar-refractivity contribution in [2.75, 3.05) is 12.0 Å². The van der Waals surface area contributed by atoms with Gasteiger partial charge in [-0.2, -0.15) is 0 Å². The van der Waals surface area contributed by atoms with Gasteiger partial charge in [0, 0.05) is 18.3 Å². The second-order valence-corrected chi connectivity index (χ2v) is 6.22. The van der Waals surface area contributed by atoms with Gasteiger partial charge in [0.05, 0.1) is 7.11 Å². The zero-order chi connectivity index (χ0) is 16.9. The number of ether oxygens (including phenoxy) is 1. The Kier molecular flexibility index (Phi) is 5.05. The number of fused-ring (bicyclic) bond motifs is 1. The molecule has 1 atom stereocenters. The number of nitrogens with zero attached hydrogens (tertiary/aromatic N) is 1. The molecule has 2 nitrogen and oxygen atoms in total. The number of anilines is 1.